The number of thiophene rings is 1. The lowest BCUT2D eigenvalue weighted by molar-refractivity contribution is 0.103. The summed E-state index contributed by atoms with van der Waals surface area (Å²) >= 11 is 1.40. The van der Waals surface area contributed by atoms with Crippen molar-refractivity contribution < 1.29 is 9.53 Å². The average molecular weight is 432 g/mol. The number of ether oxygens (including phenoxy) is 1. The van der Waals surface area contributed by atoms with Gasteiger partial charge < -0.3 is 10.1 Å². The Morgan fingerprint density at radius 2 is 1.71 bits per heavy atom. The number of nitrogens with zero attached hydrogens (tertiary/aromatic N) is 2. The minimum Gasteiger partial charge on any atom is -0.489 e. The Kier molecular flexibility index (Phi) is 6.18. The highest BCUT2D eigenvalue weighted by Gasteiger charge is 2.12. The lowest BCUT2D eigenvalue weighted by Crippen LogP contribution is -2.11. The van der Waals surface area contributed by atoms with E-state index in [9.17, 15) is 4.79 Å². The van der Waals surface area contributed by atoms with Gasteiger partial charge in [-0.1, -0.05) is 35.9 Å². The molecule has 2 heterocycles. The first-order chi connectivity index (χ1) is 14.9. The Balaban J connectivity index is 1.33. The topological polar surface area (TPSA) is 56.2 Å². The maximum absolute atomic E-state index is 12.6. The van der Waals surface area contributed by atoms with E-state index in [0.717, 1.165) is 11.3 Å². The van der Waals surface area contributed by atoms with Gasteiger partial charge in [0.25, 0.3) is 5.91 Å². The molecule has 0 saturated carbocycles. The molecule has 1 N–H and O–H groups in total. The van der Waals surface area contributed by atoms with Gasteiger partial charge >= 0.3 is 0 Å². The molecule has 2 aromatic heterocycles. The van der Waals surface area contributed by atoms with Crippen LogP contribution in [0, 0.1) is 20.8 Å². The molecule has 0 unspecified atom stereocenters. The minimum atomic E-state index is -0.164. The Morgan fingerprint density at radius 1 is 0.968 bits per heavy atom. The summed E-state index contributed by atoms with van der Waals surface area (Å²) in [6.07, 6.45) is 1.87. The second kappa shape index (κ2) is 9.18. The highest BCUT2D eigenvalue weighted by Crippen LogP contribution is 2.21. The molecule has 0 aliphatic carbocycles. The van der Waals surface area contributed by atoms with Crippen molar-refractivity contribution in [3.63, 3.8) is 0 Å². The third-order valence-corrected chi connectivity index (χ3v) is 5.80. The van der Waals surface area contributed by atoms with E-state index in [1.54, 1.807) is 0 Å². The van der Waals surface area contributed by atoms with Crippen molar-refractivity contribution in [3.05, 3.63) is 98.9 Å². The van der Waals surface area contributed by atoms with Crippen LogP contribution in [0.3, 0.4) is 0 Å². The Bertz CT molecular complexity index is 1170. The minimum absolute atomic E-state index is 0.164. The number of hydrogen-bond acceptors (Lipinski definition) is 4. The number of nitrogens with one attached hydrogen (secondary N) is 1. The third kappa shape index (κ3) is 5.61. The highest BCUT2D eigenvalue weighted by atomic mass is 32.1. The van der Waals surface area contributed by atoms with E-state index in [2.05, 4.69) is 61.5 Å². The van der Waals surface area contributed by atoms with E-state index in [0.29, 0.717) is 23.8 Å². The zero-order valence-corrected chi connectivity index (χ0v) is 18.7. The van der Waals surface area contributed by atoms with Crippen LogP contribution in [-0.4, -0.2) is 15.7 Å². The number of benzene rings is 2. The first-order valence-corrected chi connectivity index (χ1v) is 11.0. The molecule has 1 amide bonds. The zero-order chi connectivity index (χ0) is 21.8. The maximum atomic E-state index is 12.6. The van der Waals surface area contributed by atoms with Crippen molar-refractivity contribution in [3.8, 4) is 5.75 Å². The van der Waals surface area contributed by atoms with Gasteiger partial charge in [-0.2, -0.15) is 5.10 Å². The molecule has 0 fully saturated rings. The van der Waals surface area contributed by atoms with Crippen molar-refractivity contribution in [2.24, 2.45) is 0 Å². The summed E-state index contributed by atoms with van der Waals surface area (Å²) in [6.45, 7) is 7.26. The summed E-state index contributed by atoms with van der Waals surface area (Å²) in [5.41, 5.74) is 5.70. The van der Waals surface area contributed by atoms with E-state index >= 15 is 0 Å². The Hall–Kier alpha value is -3.38. The van der Waals surface area contributed by atoms with Crippen LogP contribution in [0.25, 0.3) is 0 Å². The predicted octanol–water partition coefficient (Wildman–Crippen LogP) is 5.75. The summed E-state index contributed by atoms with van der Waals surface area (Å²) in [6, 6.07) is 18.2. The SMILES string of the molecule is Cc1ccc(Cn2ccc(NC(=O)c3cc(COc4cc(C)cc(C)c4)cs3)n2)cc1. The number of carbonyl (C=O) groups is 1. The van der Waals surface area contributed by atoms with Crippen molar-refractivity contribution in [1.82, 2.24) is 9.78 Å². The third-order valence-electron chi connectivity index (χ3n) is 4.83. The first-order valence-electron chi connectivity index (χ1n) is 10.1. The fourth-order valence-electron chi connectivity index (χ4n) is 3.33. The molecular weight excluding hydrogens is 406 g/mol. The summed E-state index contributed by atoms with van der Waals surface area (Å²) in [4.78, 5) is 13.2. The van der Waals surface area contributed by atoms with Gasteiger partial charge in [0.15, 0.2) is 5.82 Å². The summed E-state index contributed by atoms with van der Waals surface area (Å²) in [5, 5.41) is 9.28. The van der Waals surface area contributed by atoms with Crippen molar-refractivity contribution in [2.75, 3.05) is 5.32 Å². The van der Waals surface area contributed by atoms with Gasteiger partial charge in [-0.15, -0.1) is 11.3 Å². The summed E-state index contributed by atoms with van der Waals surface area (Å²) < 4.78 is 7.71. The predicted molar refractivity (Wildman–Crippen MR) is 125 cm³/mol. The lowest BCUT2D eigenvalue weighted by Gasteiger charge is -2.07. The Labute approximate surface area is 186 Å². The first kappa shape index (κ1) is 20.9. The molecule has 6 heteroatoms. The molecule has 0 atom stereocenters. The number of carbonyl (C=O) groups excluding carboxylic acids is 1. The van der Waals surface area contributed by atoms with Crippen LogP contribution in [0.4, 0.5) is 5.82 Å². The number of anilines is 1. The molecular formula is C25H25N3O2S. The largest absolute Gasteiger partial charge is 0.489 e. The van der Waals surface area contributed by atoms with Crippen molar-refractivity contribution >= 4 is 23.1 Å². The molecule has 0 radical (unpaired) electrons. The van der Waals surface area contributed by atoms with E-state index in [4.69, 9.17) is 4.74 Å². The van der Waals surface area contributed by atoms with Crippen LogP contribution < -0.4 is 10.1 Å². The molecule has 5 nitrogen and oxygen atoms in total. The fraction of sp³-hybridized carbons (Fsp3) is 0.200. The second-order valence-corrected chi connectivity index (χ2v) is 8.68. The number of aryl methyl sites for hydroxylation is 3. The van der Waals surface area contributed by atoms with Gasteiger partial charge in [-0.05, 0) is 61.0 Å². The van der Waals surface area contributed by atoms with Crippen LogP contribution in [0.15, 0.2) is 66.2 Å². The Morgan fingerprint density at radius 3 is 2.45 bits per heavy atom. The van der Waals surface area contributed by atoms with Crippen LogP contribution in [0.2, 0.25) is 0 Å². The molecule has 0 aliphatic heterocycles. The van der Waals surface area contributed by atoms with Gasteiger partial charge in [-0.25, -0.2) is 0 Å². The van der Waals surface area contributed by atoms with Crippen LogP contribution in [0.1, 0.15) is 37.5 Å². The van der Waals surface area contributed by atoms with Gasteiger partial charge in [0.05, 0.1) is 11.4 Å². The average Bonchev–Trinajstić information content (AvgIpc) is 3.37. The van der Waals surface area contributed by atoms with Crippen LogP contribution >= 0.6 is 11.3 Å². The number of rotatable bonds is 7. The quantitative estimate of drug-likeness (QED) is 0.405. The summed E-state index contributed by atoms with van der Waals surface area (Å²) in [5.74, 6) is 1.22. The number of hydrogen-bond donors (Lipinski definition) is 1. The molecule has 2 aromatic carbocycles. The van der Waals surface area contributed by atoms with E-state index < -0.39 is 0 Å². The van der Waals surface area contributed by atoms with Crippen molar-refractivity contribution in [1.29, 1.82) is 0 Å². The molecule has 158 valence electrons. The maximum Gasteiger partial charge on any atom is 0.266 e. The number of amides is 1. The second-order valence-electron chi connectivity index (χ2n) is 7.77. The van der Waals surface area contributed by atoms with E-state index in [1.807, 2.05) is 40.5 Å². The van der Waals surface area contributed by atoms with Crippen LogP contribution in [0.5, 0.6) is 5.75 Å². The molecule has 0 aliphatic rings. The highest BCUT2D eigenvalue weighted by molar-refractivity contribution is 7.12. The fourth-order valence-corrected chi connectivity index (χ4v) is 4.12. The van der Waals surface area contributed by atoms with E-state index in [-0.39, 0.29) is 5.91 Å². The van der Waals surface area contributed by atoms with Gasteiger partial charge in [-0.3, -0.25) is 9.48 Å². The molecule has 0 bridgehead atoms. The smallest absolute Gasteiger partial charge is 0.266 e. The molecule has 0 saturated heterocycles. The van der Waals surface area contributed by atoms with Gasteiger partial charge in [0.1, 0.15) is 12.4 Å². The molecule has 0 spiro atoms. The monoisotopic (exact) mass is 431 g/mol. The summed E-state index contributed by atoms with van der Waals surface area (Å²) in [7, 11) is 0. The normalized spacial score (nSPS) is 10.8. The zero-order valence-electron chi connectivity index (χ0n) is 17.9. The van der Waals surface area contributed by atoms with Crippen LogP contribution in [-0.2, 0) is 13.2 Å². The van der Waals surface area contributed by atoms with Gasteiger partial charge in [0, 0.05) is 17.8 Å². The van der Waals surface area contributed by atoms with E-state index in [1.165, 1.54) is 33.6 Å². The molecule has 4 aromatic rings. The standard InChI is InChI=1S/C25H25N3O2S/c1-17-4-6-20(7-5-17)14-28-9-8-24(27-28)26-25(29)23-13-21(16-31-23)15-30-22-11-18(2)10-19(3)12-22/h4-13,16H,14-15H2,1-3H3,(H,26,27,29). The molecule has 31 heavy (non-hydrogen) atoms. The van der Waals surface area contributed by atoms with Crippen molar-refractivity contribution in [2.45, 2.75) is 33.9 Å². The van der Waals surface area contributed by atoms with Gasteiger partial charge in [0.2, 0.25) is 0 Å². The lowest BCUT2D eigenvalue weighted by atomic mass is 10.1. The number of aromatic nitrogens is 2. The molecule has 4 rings (SSSR count).